The minimum atomic E-state index is -2.89. The first-order chi connectivity index (χ1) is 17.1. The van der Waals surface area contributed by atoms with Crippen LogP contribution in [0.5, 0.6) is 0 Å². The summed E-state index contributed by atoms with van der Waals surface area (Å²) >= 11 is 0. The van der Waals surface area contributed by atoms with Gasteiger partial charge in [-0.05, 0) is 21.5 Å². The molecule has 2 aliphatic rings. The van der Waals surface area contributed by atoms with Gasteiger partial charge in [0.2, 0.25) is 6.29 Å². The van der Waals surface area contributed by atoms with Crippen molar-refractivity contribution in [2.45, 2.75) is 63.8 Å². The Hall–Kier alpha value is -2.78. The van der Waals surface area contributed by atoms with Gasteiger partial charge < -0.3 is 23.4 Å². The molecule has 7 nitrogen and oxygen atoms in total. The predicted octanol–water partition coefficient (Wildman–Crippen LogP) is 3.11. The molecule has 4 atom stereocenters. The molecule has 192 valence electrons. The summed E-state index contributed by atoms with van der Waals surface area (Å²) in [5, 5.41) is 2.01. The van der Waals surface area contributed by atoms with Crippen molar-refractivity contribution < 1.29 is 33.0 Å². The van der Waals surface area contributed by atoms with Crippen LogP contribution in [0.1, 0.15) is 34.6 Å². The highest BCUT2D eigenvalue weighted by molar-refractivity contribution is 6.99. The van der Waals surface area contributed by atoms with Crippen LogP contribution in [-0.4, -0.2) is 57.6 Å². The van der Waals surface area contributed by atoms with E-state index in [1.165, 1.54) is 13.8 Å². The molecular weight excluding hydrogens is 476 g/mol. The maximum absolute atomic E-state index is 11.9. The summed E-state index contributed by atoms with van der Waals surface area (Å²) < 4.78 is 30.4. The lowest BCUT2D eigenvalue weighted by molar-refractivity contribution is -0.202. The summed E-state index contributed by atoms with van der Waals surface area (Å²) in [4.78, 5) is 23.7. The summed E-state index contributed by atoms with van der Waals surface area (Å²) in [6.45, 7) is 9.62. The van der Waals surface area contributed by atoms with Crippen LogP contribution in [0.3, 0.4) is 0 Å². The minimum absolute atomic E-state index is 0.122. The quantitative estimate of drug-likeness (QED) is 0.322. The highest BCUT2D eigenvalue weighted by atomic mass is 28.4. The average Bonchev–Trinajstić information content (AvgIpc) is 3.12. The third-order valence-corrected chi connectivity index (χ3v) is 11.7. The summed E-state index contributed by atoms with van der Waals surface area (Å²) in [6.07, 6.45) is 1.01. The van der Waals surface area contributed by atoms with Crippen molar-refractivity contribution >= 4 is 30.6 Å². The van der Waals surface area contributed by atoms with Gasteiger partial charge in [-0.2, -0.15) is 0 Å². The molecule has 36 heavy (non-hydrogen) atoms. The number of rotatable bonds is 7. The highest BCUT2D eigenvalue weighted by Crippen LogP contribution is 2.42. The van der Waals surface area contributed by atoms with E-state index in [9.17, 15) is 9.59 Å². The molecule has 0 N–H and O–H groups in total. The summed E-state index contributed by atoms with van der Waals surface area (Å²) in [6, 6.07) is 20.6. The predicted molar refractivity (Wildman–Crippen MR) is 137 cm³/mol. The third-order valence-electron chi connectivity index (χ3n) is 6.67. The molecular formula is C28H34O7Si. The second-order valence-electron chi connectivity index (χ2n) is 10.2. The number of hydrogen-bond acceptors (Lipinski definition) is 7. The van der Waals surface area contributed by atoms with Crippen LogP contribution in [0, 0.1) is 0 Å². The first-order valence-electron chi connectivity index (χ1n) is 12.2. The number of hydrogen-bond donors (Lipinski definition) is 0. The molecule has 1 fully saturated rings. The van der Waals surface area contributed by atoms with Crippen molar-refractivity contribution in [3.8, 4) is 0 Å². The van der Waals surface area contributed by atoms with E-state index < -0.39 is 44.4 Å². The van der Waals surface area contributed by atoms with Gasteiger partial charge in [-0.3, -0.25) is 9.59 Å². The zero-order valence-electron chi connectivity index (χ0n) is 21.4. The fourth-order valence-corrected chi connectivity index (χ4v) is 9.86. The molecule has 0 saturated carbocycles. The number of carbonyl (C=O) groups is 2. The van der Waals surface area contributed by atoms with Gasteiger partial charge in [0.05, 0.1) is 13.2 Å². The van der Waals surface area contributed by atoms with Gasteiger partial charge in [0.1, 0.15) is 11.7 Å². The van der Waals surface area contributed by atoms with Gasteiger partial charge in [0.25, 0.3) is 8.32 Å². The monoisotopic (exact) mass is 510 g/mol. The Morgan fingerprint density at radius 2 is 1.50 bits per heavy atom. The molecule has 0 spiro atoms. The van der Waals surface area contributed by atoms with Crippen LogP contribution in [0.2, 0.25) is 5.04 Å². The summed E-state index contributed by atoms with van der Waals surface area (Å²) in [5.41, 5.74) is -1.11. The van der Waals surface area contributed by atoms with Crippen LogP contribution in [0.25, 0.3) is 0 Å². The maximum atomic E-state index is 11.9. The Bertz CT molecular complexity index is 1060. The number of esters is 2. The molecule has 1 saturated heterocycles. The third kappa shape index (κ3) is 4.91. The molecule has 0 aromatic heterocycles. The Labute approximate surface area is 213 Å². The fraction of sp³-hybridized carbons (Fsp3) is 0.429. The fourth-order valence-electron chi connectivity index (χ4n) is 5.26. The number of fused-ring (bicyclic) bond motifs is 1. The maximum Gasteiger partial charge on any atom is 0.305 e. The molecule has 2 aromatic rings. The van der Waals surface area contributed by atoms with Crippen molar-refractivity contribution in [2.24, 2.45) is 0 Å². The van der Waals surface area contributed by atoms with Crippen molar-refractivity contribution in [3.63, 3.8) is 0 Å². The molecule has 0 amide bonds. The van der Waals surface area contributed by atoms with Gasteiger partial charge in [-0.1, -0.05) is 87.5 Å². The summed E-state index contributed by atoms with van der Waals surface area (Å²) in [5.74, 6) is -1.05. The van der Waals surface area contributed by atoms with E-state index in [2.05, 4.69) is 45.0 Å². The van der Waals surface area contributed by atoms with Crippen molar-refractivity contribution in [2.75, 3.05) is 13.2 Å². The van der Waals surface area contributed by atoms with Gasteiger partial charge in [0, 0.05) is 13.8 Å². The lowest BCUT2D eigenvalue weighted by Crippen LogP contribution is -2.68. The lowest BCUT2D eigenvalue weighted by atomic mass is 9.93. The van der Waals surface area contributed by atoms with E-state index in [-0.39, 0.29) is 11.6 Å². The molecule has 2 aliphatic heterocycles. The van der Waals surface area contributed by atoms with Crippen molar-refractivity contribution in [1.29, 1.82) is 0 Å². The van der Waals surface area contributed by atoms with E-state index >= 15 is 0 Å². The molecule has 2 aromatic carbocycles. The first-order valence-corrected chi connectivity index (χ1v) is 14.1. The van der Waals surface area contributed by atoms with Gasteiger partial charge >= 0.3 is 11.9 Å². The Kier molecular flexibility index (Phi) is 7.52. The van der Waals surface area contributed by atoms with Crippen LogP contribution in [0.4, 0.5) is 0 Å². The van der Waals surface area contributed by atoms with Crippen LogP contribution in [0.15, 0.2) is 72.8 Å². The Morgan fingerprint density at radius 3 is 2.00 bits per heavy atom. The molecule has 8 heteroatoms. The molecule has 0 radical (unpaired) electrons. The second kappa shape index (κ2) is 10.3. The zero-order valence-corrected chi connectivity index (χ0v) is 22.4. The second-order valence-corrected chi connectivity index (χ2v) is 14.5. The van der Waals surface area contributed by atoms with Crippen molar-refractivity contribution in [1.82, 2.24) is 0 Å². The van der Waals surface area contributed by atoms with E-state index in [0.717, 1.165) is 10.4 Å². The van der Waals surface area contributed by atoms with E-state index in [1.54, 1.807) is 0 Å². The Balaban J connectivity index is 1.78. The molecule has 0 unspecified atom stereocenters. The van der Waals surface area contributed by atoms with E-state index in [4.69, 9.17) is 23.4 Å². The Morgan fingerprint density at radius 1 is 0.944 bits per heavy atom. The van der Waals surface area contributed by atoms with Crippen molar-refractivity contribution in [3.05, 3.63) is 72.8 Å². The largest absolute Gasteiger partial charge is 0.453 e. The van der Waals surface area contributed by atoms with Crippen LogP contribution < -0.4 is 10.4 Å². The zero-order chi connectivity index (χ0) is 26.0. The number of benzene rings is 2. The normalized spacial score (nSPS) is 25.8. The average molecular weight is 511 g/mol. The standard InChI is InChI=1S/C28H34O7Si/c1-20(29)33-24-25-28(17-12-18-31-25,35-26(24)34-21(2)30)19-32-36(27(3,4)5,22-13-8-6-9-14-22)23-15-10-7-11-16-23/h6-17,24-26H,18-19H2,1-5H3/t24-,25+,26-,28-/m1/s1. The highest BCUT2D eigenvalue weighted by Gasteiger charge is 2.61. The molecule has 2 heterocycles. The van der Waals surface area contributed by atoms with Gasteiger partial charge in [-0.15, -0.1) is 0 Å². The van der Waals surface area contributed by atoms with Crippen LogP contribution in [-0.2, 0) is 33.0 Å². The van der Waals surface area contributed by atoms with Gasteiger partial charge in [-0.25, -0.2) is 0 Å². The lowest BCUT2D eigenvalue weighted by Gasteiger charge is -2.45. The smallest absolute Gasteiger partial charge is 0.305 e. The van der Waals surface area contributed by atoms with Gasteiger partial charge in [0.15, 0.2) is 6.10 Å². The number of carbonyl (C=O) groups excluding carboxylic acids is 2. The molecule has 4 rings (SSSR count). The number of ether oxygens (including phenoxy) is 4. The minimum Gasteiger partial charge on any atom is -0.453 e. The SMILES string of the molecule is CC(=O)O[C@@H]1O[C@@]2(CO[Si](c3ccccc3)(c3ccccc3)C(C)(C)C)C=CCO[C@H]2[C@H]1OC(C)=O. The van der Waals surface area contributed by atoms with Crippen LogP contribution >= 0.6 is 0 Å². The first kappa shape index (κ1) is 26.3. The topological polar surface area (TPSA) is 80.3 Å². The molecule has 0 bridgehead atoms. The van der Waals surface area contributed by atoms with E-state index in [0.29, 0.717) is 6.61 Å². The van der Waals surface area contributed by atoms with E-state index in [1.807, 2.05) is 48.6 Å². The summed E-state index contributed by atoms with van der Waals surface area (Å²) in [7, 11) is -2.89. The molecule has 0 aliphatic carbocycles.